The molecule has 5 heteroatoms. The molecule has 0 aromatic carbocycles. The summed E-state index contributed by atoms with van der Waals surface area (Å²) in [6.45, 7) is 2.64. The van der Waals surface area contributed by atoms with E-state index in [1.807, 2.05) is 17.9 Å². The van der Waals surface area contributed by atoms with Crippen molar-refractivity contribution >= 4 is 5.91 Å². The maximum atomic E-state index is 12.7. The number of rotatable bonds is 3. The molecule has 22 heavy (non-hydrogen) atoms. The lowest BCUT2D eigenvalue weighted by atomic mass is 9.82. The van der Waals surface area contributed by atoms with E-state index < -0.39 is 5.60 Å². The third-order valence-corrected chi connectivity index (χ3v) is 4.98. The van der Waals surface area contributed by atoms with Crippen LogP contribution in [-0.2, 0) is 4.79 Å². The van der Waals surface area contributed by atoms with E-state index in [-0.39, 0.29) is 18.4 Å². The van der Waals surface area contributed by atoms with Gasteiger partial charge in [0.1, 0.15) is 5.82 Å². The fourth-order valence-corrected chi connectivity index (χ4v) is 3.80. The maximum absolute atomic E-state index is 12.7. The van der Waals surface area contributed by atoms with Crippen LogP contribution in [-0.4, -0.2) is 38.0 Å². The fourth-order valence-electron chi connectivity index (χ4n) is 3.80. The molecule has 5 nitrogen and oxygen atoms in total. The van der Waals surface area contributed by atoms with Crippen LogP contribution in [0.4, 0.5) is 0 Å². The van der Waals surface area contributed by atoms with E-state index in [9.17, 15) is 9.90 Å². The summed E-state index contributed by atoms with van der Waals surface area (Å²) in [6.07, 6.45) is 8.69. The molecule has 120 valence electrons. The number of aromatic nitrogens is 2. The van der Waals surface area contributed by atoms with Gasteiger partial charge < -0.3 is 10.0 Å². The van der Waals surface area contributed by atoms with Crippen LogP contribution in [0, 0.1) is 6.92 Å². The van der Waals surface area contributed by atoms with E-state index in [0.717, 1.165) is 56.6 Å². The van der Waals surface area contributed by atoms with Crippen LogP contribution < -0.4 is 0 Å². The summed E-state index contributed by atoms with van der Waals surface area (Å²) in [6, 6.07) is 1.94. The Bertz CT molecular complexity index is 540. The van der Waals surface area contributed by atoms with Gasteiger partial charge in [-0.25, -0.2) is 9.97 Å². The molecule has 1 amide bonds. The van der Waals surface area contributed by atoms with Crippen LogP contribution in [0.3, 0.4) is 0 Å². The monoisotopic (exact) mass is 303 g/mol. The number of aliphatic hydroxyl groups is 1. The normalized spacial score (nSPS) is 24.5. The van der Waals surface area contributed by atoms with Crippen molar-refractivity contribution in [2.75, 3.05) is 6.54 Å². The summed E-state index contributed by atoms with van der Waals surface area (Å²) in [7, 11) is 0. The van der Waals surface area contributed by atoms with Crippen LogP contribution in [0.25, 0.3) is 0 Å². The maximum Gasteiger partial charge on any atom is 0.226 e. The minimum absolute atomic E-state index is 0.0430. The third-order valence-electron chi connectivity index (χ3n) is 4.98. The molecule has 1 aromatic rings. The Morgan fingerprint density at radius 3 is 2.86 bits per heavy atom. The first-order valence-corrected chi connectivity index (χ1v) is 8.39. The molecule has 2 aliphatic rings. The third kappa shape index (κ3) is 3.29. The van der Waals surface area contributed by atoms with Crippen LogP contribution in [0.2, 0.25) is 0 Å². The smallest absolute Gasteiger partial charge is 0.226 e. The zero-order valence-corrected chi connectivity index (χ0v) is 13.3. The number of carbonyl (C=O) groups excluding carboxylic acids is 1. The van der Waals surface area contributed by atoms with Gasteiger partial charge in [0.15, 0.2) is 0 Å². The van der Waals surface area contributed by atoms with Gasteiger partial charge >= 0.3 is 0 Å². The van der Waals surface area contributed by atoms with Gasteiger partial charge in [0.25, 0.3) is 0 Å². The summed E-state index contributed by atoms with van der Waals surface area (Å²) in [5.41, 5.74) is 0.137. The Hall–Kier alpha value is -1.49. The van der Waals surface area contributed by atoms with Gasteiger partial charge in [0.05, 0.1) is 23.8 Å². The predicted octanol–water partition coefficient (Wildman–Crippen LogP) is 2.53. The highest BCUT2D eigenvalue weighted by molar-refractivity contribution is 5.78. The van der Waals surface area contributed by atoms with Gasteiger partial charge in [-0.15, -0.1) is 0 Å². The first kappa shape index (κ1) is 15.4. The lowest BCUT2D eigenvalue weighted by molar-refractivity contribution is -0.138. The van der Waals surface area contributed by atoms with Gasteiger partial charge in [-0.2, -0.15) is 0 Å². The molecule has 1 aliphatic carbocycles. The largest absolute Gasteiger partial charge is 0.389 e. The Labute approximate surface area is 131 Å². The second kappa shape index (κ2) is 6.32. The minimum Gasteiger partial charge on any atom is -0.389 e. The summed E-state index contributed by atoms with van der Waals surface area (Å²) in [4.78, 5) is 23.2. The highest BCUT2D eigenvalue weighted by Gasteiger charge is 2.37. The Morgan fingerprint density at radius 1 is 1.36 bits per heavy atom. The number of amides is 1. The van der Waals surface area contributed by atoms with E-state index in [4.69, 9.17) is 0 Å². The average Bonchev–Trinajstić information content (AvgIpc) is 2.97. The van der Waals surface area contributed by atoms with Crippen molar-refractivity contribution in [3.63, 3.8) is 0 Å². The molecule has 1 saturated carbocycles. The van der Waals surface area contributed by atoms with Gasteiger partial charge in [-0.1, -0.05) is 19.3 Å². The second-order valence-electron chi connectivity index (χ2n) is 6.74. The van der Waals surface area contributed by atoms with E-state index in [2.05, 4.69) is 9.97 Å². The molecule has 1 atom stereocenters. The van der Waals surface area contributed by atoms with Crippen LogP contribution >= 0.6 is 0 Å². The molecule has 0 radical (unpaired) electrons. The van der Waals surface area contributed by atoms with Crippen molar-refractivity contribution in [3.8, 4) is 0 Å². The first-order valence-electron chi connectivity index (χ1n) is 8.39. The lowest BCUT2D eigenvalue weighted by Crippen LogP contribution is -2.40. The van der Waals surface area contributed by atoms with Gasteiger partial charge in [0.2, 0.25) is 5.91 Å². The summed E-state index contributed by atoms with van der Waals surface area (Å²) >= 11 is 0. The molecule has 1 N–H and O–H groups in total. The highest BCUT2D eigenvalue weighted by Crippen LogP contribution is 2.35. The molecule has 1 aromatic heterocycles. The van der Waals surface area contributed by atoms with E-state index in [1.54, 1.807) is 6.20 Å². The van der Waals surface area contributed by atoms with Crippen LogP contribution in [0.5, 0.6) is 0 Å². The van der Waals surface area contributed by atoms with Crippen molar-refractivity contribution in [2.24, 2.45) is 0 Å². The Morgan fingerprint density at radius 2 is 2.14 bits per heavy atom. The number of nitrogens with zero attached hydrogens (tertiary/aromatic N) is 3. The average molecular weight is 303 g/mol. The summed E-state index contributed by atoms with van der Waals surface area (Å²) in [5.74, 6) is 0.811. The molecular formula is C17H25N3O2. The number of hydrogen-bond acceptors (Lipinski definition) is 4. The highest BCUT2D eigenvalue weighted by atomic mass is 16.3. The molecule has 2 heterocycles. The summed E-state index contributed by atoms with van der Waals surface area (Å²) in [5, 5.41) is 10.6. The van der Waals surface area contributed by atoms with E-state index in [1.165, 1.54) is 6.42 Å². The molecular weight excluding hydrogens is 278 g/mol. The van der Waals surface area contributed by atoms with Crippen LogP contribution in [0.15, 0.2) is 12.3 Å². The van der Waals surface area contributed by atoms with Crippen molar-refractivity contribution < 1.29 is 9.90 Å². The quantitative estimate of drug-likeness (QED) is 0.932. The Kier molecular flexibility index (Phi) is 4.43. The van der Waals surface area contributed by atoms with E-state index >= 15 is 0 Å². The van der Waals surface area contributed by atoms with Crippen molar-refractivity contribution in [2.45, 2.75) is 69.9 Å². The standard InChI is InChI=1S/C17H25N3O2/c1-13-18-10-7-14(19-13)15-6-5-11-20(15)16(21)12-17(22)8-3-2-4-9-17/h7,10,15,22H,2-6,8-9,11-12H2,1H3/t15-/m0/s1. The van der Waals surface area contributed by atoms with Crippen molar-refractivity contribution in [3.05, 3.63) is 23.8 Å². The van der Waals surface area contributed by atoms with Gasteiger partial charge in [0, 0.05) is 12.7 Å². The second-order valence-corrected chi connectivity index (χ2v) is 6.74. The molecule has 1 aliphatic heterocycles. The molecule has 0 unspecified atom stereocenters. The molecule has 1 saturated heterocycles. The minimum atomic E-state index is -0.788. The lowest BCUT2D eigenvalue weighted by Gasteiger charge is -2.34. The predicted molar refractivity (Wildman–Crippen MR) is 83.1 cm³/mol. The van der Waals surface area contributed by atoms with E-state index in [0.29, 0.717) is 0 Å². The van der Waals surface area contributed by atoms with Crippen LogP contribution in [0.1, 0.15) is 68.9 Å². The van der Waals surface area contributed by atoms with Crippen molar-refractivity contribution in [1.29, 1.82) is 0 Å². The molecule has 2 fully saturated rings. The van der Waals surface area contributed by atoms with Gasteiger partial charge in [-0.05, 0) is 38.7 Å². The molecule has 0 bridgehead atoms. The molecule has 3 rings (SSSR count). The summed E-state index contributed by atoms with van der Waals surface area (Å²) < 4.78 is 0. The van der Waals surface area contributed by atoms with Gasteiger partial charge in [-0.3, -0.25) is 4.79 Å². The number of aryl methyl sites for hydroxylation is 1. The Balaban J connectivity index is 1.71. The number of hydrogen-bond donors (Lipinski definition) is 1. The zero-order valence-electron chi connectivity index (χ0n) is 13.3. The SMILES string of the molecule is Cc1nccc([C@@H]2CCCN2C(=O)CC2(O)CCCCC2)n1. The van der Waals surface area contributed by atoms with Crippen molar-refractivity contribution in [1.82, 2.24) is 14.9 Å². The first-order chi connectivity index (χ1) is 10.6. The number of carbonyl (C=O) groups is 1. The fraction of sp³-hybridized carbons (Fsp3) is 0.706. The zero-order chi connectivity index (χ0) is 15.6. The number of likely N-dealkylation sites (tertiary alicyclic amines) is 1. The topological polar surface area (TPSA) is 66.3 Å². The molecule has 0 spiro atoms.